The minimum atomic E-state index is -0.388. The quantitative estimate of drug-likeness (QED) is 0.748. The number of aromatic hydroxyl groups is 1. The summed E-state index contributed by atoms with van der Waals surface area (Å²) in [7, 11) is 1.54. The smallest absolute Gasteiger partial charge is 0.196 e. The van der Waals surface area contributed by atoms with E-state index in [4.69, 9.17) is 9.47 Å². The molecule has 0 aliphatic heterocycles. The molecule has 0 radical (unpaired) electrons. The lowest BCUT2D eigenvalue weighted by molar-refractivity contribution is -0.0395. The van der Waals surface area contributed by atoms with Crippen molar-refractivity contribution in [2.24, 2.45) is 0 Å². The van der Waals surface area contributed by atoms with Crippen LogP contribution in [0.15, 0.2) is 24.8 Å². The Morgan fingerprint density at radius 3 is 2.79 bits per heavy atom. The molecule has 0 aliphatic rings. The third-order valence-electron chi connectivity index (χ3n) is 1.84. The molecule has 14 heavy (non-hydrogen) atoms. The van der Waals surface area contributed by atoms with Crippen LogP contribution in [0.2, 0.25) is 0 Å². The van der Waals surface area contributed by atoms with E-state index in [1.165, 1.54) is 0 Å². The lowest BCUT2D eigenvalue weighted by Gasteiger charge is -2.13. The van der Waals surface area contributed by atoms with E-state index in [9.17, 15) is 5.11 Å². The van der Waals surface area contributed by atoms with Gasteiger partial charge in [0.1, 0.15) is 0 Å². The maximum Gasteiger partial charge on any atom is 0.196 e. The first-order valence-corrected chi connectivity index (χ1v) is 4.32. The highest BCUT2D eigenvalue weighted by atomic mass is 16.7. The lowest BCUT2D eigenvalue weighted by Crippen LogP contribution is -2.13. The van der Waals surface area contributed by atoms with Gasteiger partial charge in [0.2, 0.25) is 0 Å². The fourth-order valence-corrected chi connectivity index (χ4v) is 0.979. The highest BCUT2D eigenvalue weighted by Gasteiger charge is 2.06. The van der Waals surface area contributed by atoms with E-state index in [1.54, 1.807) is 38.3 Å². The first kappa shape index (κ1) is 10.6. The molecule has 1 aromatic rings. The molecule has 0 saturated heterocycles. The van der Waals surface area contributed by atoms with E-state index in [1.807, 2.05) is 0 Å². The molecular weight excluding hydrogens is 180 g/mol. The first-order valence-electron chi connectivity index (χ1n) is 4.32. The van der Waals surface area contributed by atoms with Gasteiger partial charge in [-0.05, 0) is 24.6 Å². The van der Waals surface area contributed by atoms with Gasteiger partial charge in [0.15, 0.2) is 17.8 Å². The van der Waals surface area contributed by atoms with Crippen LogP contribution in [0.4, 0.5) is 0 Å². The highest BCUT2D eigenvalue weighted by Crippen LogP contribution is 2.28. The predicted molar refractivity (Wildman–Crippen MR) is 55.3 cm³/mol. The van der Waals surface area contributed by atoms with Gasteiger partial charge in [-0.1, -0.05) is 18.7 Å². The molecule has 1 atom stereocenters. The summed E-state index contributed by atoms with van der Waals surface area (Å²) < 4.78 is 10.2. The second kappa shape index (κ2) is 4.67. The number of rotatable bonds is 4. The van der Waals surface area contributed by atoms with Crippen LogP contribution >= 0.6 is 0 Å². The van der Waals surface area contributed by atoms with Gasteiger partial charge in [-0.15, -0.1) is 0 Å². The molecule has 0 aromatic heterocycles. The molecule has 1 N–H and O–H groups in total. The van der Waals surface area contributed by atoms with Gasteiger partial charge in [-0.25, -0.2) is 0 Å². The largest absolute Gasteiger partial charge is 0.504 e. The van der Waals surface area contributed by atoms with Crippen molar-refractivity contribution >= 4 is 6.08 Å². The summed E-state index contributed by atoms with van der Waals surface area (Å²) in [6, 6.07) is 5.03. The molecule has 0 heterocycles. The molecule has 0 fully saturated rings. The maximum absolute atomic E-state index is 9.46. The standard InChI is InChI=1S/C11H14O3/c1-4-9-5-6-10(12)11(7-9)14-8(2)13-3/h4-8,12H,1H2,2-3H3. The average molecular weight is 194 g/mol. The molecule has 1 rings (SSSR count). The summed E-state index contributed by atoms with van der Waals surface area (Å²) in [6.45, 7) is 5.38. The van der Waals surface area contributed by atoms with Crippen molar-refractivity contribution in [2.45, 2.75) is 13.2 Å². The second-order valence-electron chi connectivity index (χ2n) is 2.85. The van der Waals surface area contributed by atoms with Gasteiger partial charge in [0.05, 0.1) is 0 Å². The minimum absolute atomic E-state index is 0.0968. The predicted octanol–water partition coefficient (Wildman–Crippen LogP) is 2.41. The van der Waals surface area contributed by atoms with Crippen molar-refractivity contribution < 1.29 is 14.6 Å². The van der Waals surface area contributed by atoms with Crippen molar-refractivity contribution in [3.05, 3.63) is 30.3 Å². The monoisotopic (exact) mass is 194 g/mol. The van der Waals surface area contributed by atoms with Gasteiger partial charge in [-0.3, -0.25) is 0 Å². The Hall–Kier alpha value is -1.48. The van der Waals surface area contributed by atoms with Crippen molar-refractivity contribution in [3.8, 4) is 11.5 Å². The first-order chi connectivity index (χ1) is 6.67. The van der Waals surface area contributed by atoms with E-state index >= 15 is 0 Å². The van der Waals surface area contributed by atoms with Gasteiger partial charge < -0.3 is 14.6 Å². The third kappa shape index (κ3) is 2.50. The number of hydrogen-bond acceptors (Lipinski definition) is 3. The Balaban J connectivity index is 2.88. The average Bonchev–Trinajstić information content (AvgIpc) is 2.21. The summed E-state index contributed by atoms with van der Waals surface area (Å²) in [5.74, 6) is 0.497. The zero-order chi connectivity index (χ0) is 10.6. The fourth-order valence-electron chi connectivity index (χ4n) is 0.979. The SMILES string of the molecule is C=Cc1ccc(O)c(OC(C)OC)c1. The summed E-state index contributed by atoms with van der Waals surface area (Å²) >= 11 is 0. The summed E-state index contributed by atoms with van der Waals surface area (Å²) in [5, 5.41) is 9.46. The number of methoxy groups -OCH3 is 1. The molecule has 0 saturated carbocycles. The van der Waals surface area contributed by atoms with Crippen molar-refractivity contribution in [3.63, 3.8) is 0 Å². The van der Waals surface area contributed by atoms with Crippen LogP contribution < -0.4 is 4.74 Å². The Labute approximate surface area is 83.6 Å². The molecule has 1 aromatic carbocycles. The van der Waals surface area contributed by atoms with E-state index in [0.717, 1.165) is 5.56 Å². The van der Waals surface area contributed by atoms with Crippen molar-refractivity contribution in [1.29, 1.82) is 0 Å². The molecule has 76 valence electrons. The molecular formula is C11H14O3. The van der Waals surface area contributed by atoms with Crippen LogP contribution in [0.1, 0.15) is 12.5 Å². The van der Waals surface area contributed by atoms with Gasteiger partial charge in [-0.2, -0.15) is 0 Å². The van der Waals surface area contributed by atoms with Gasteiger partial charge in [0.25, 0.3) is 0 Å². The molecule has 0 spiro atoms. The Morgan fingerprint density at radius 2 is 2.21 bits per heavy atom. The van der Waals surface area contributed by atoms with E-state index in [2.05, 4.69) is 6.58 Å². The zero-order valence-corrected chi connectivity index (χ0v) is 8.36. The number of hydrogen-bond donors (Lipinski definition) is 1. The Morgan fingerprint density at radius 1 is 1.50 bits per heavy atom. The van der Waals surface area contributed by atoms with E-state index < -0.39 is 0 Å². The number of ether oxygens (including phenoxy) is 2. The van der Waals surface area contributed by atoms with Crippen LogP contribution in [-0.4, -0.2) is 18.5 Å². The van der Waals surface area contributed by atoms with E-state index in [0.29, 0.717) is 5.75 Å². The molecule has 3 heteroatoms. The second-order valence-corrected chi connectivity index (χ2v) is 2.85. The lowest BCUT2D eigenvalue weighted by atomic mass is 10.2. The zero-order valence-electron chi connectivity index (χ0n) is 8.36. The minimum Gasteiger partial charge on any atom is -0.504 e. The van der Waals surface area contributed by atoms with Crippen LogP contribution in [0.5, 0.6) is 11.5 Å². The highest BCUT2D eigenvalue weighted by molar-refractivity contribution is 5.53. The normalized spacial score (nSPS) is 12.1. The summed E-state index contributed by atoms with van der Waals surface area (Å²) in [5.41, 5.74) is 0.890. The van der Waals surface area contributed by atoms with Crippen LogP contribution in [0, 0.1) is 0 Å². The molecule has 0 aliphatic carbocycles. The fraction of sp³-hybridized carbons (Fsp3) is 0.273. The van der Waals surface area contributed by atoms with Gasteiger partial charge in [0, 0.05) is 7.11 Å². The molecule has 0 amide bonds. The number of phenolic OH excluding ortho intramolecular Hbond substituents is 1. The summed E-state index contributed by atoms with van der Waals surface area (Å²) in [6.07, 6.45) is 1.30. The third-order valence-corrected chi connectivity index (χ3v) is 1.84. The van der Waals surface area contributed by atoms with Gasteiger partial charge >= 0.3 is 0 Å². The maximum atomic E-state index is 9.46. The van der Waals surface area contributed by atoms with Crippen LogP contribution in [0.25, 0.3) is 6.08 Å². The molecule has 1 unspecified atom stereocenters. The van der Waals surface area contributed by atoms with E-state index in [-0.39, 0.29) is 12.0 Å². The molecule has 3 nitrogen and oxygen atoms in total. The van der Waals surface area contributed by atoms with Crippen molar-refractivity contribution in [2.75, 3.05) is 7.11 Å². The van der Waals surface area contributed by atoms with Crippen molar-refractivity contribution in [1.82, 2.24) is 0 Å². The molecule has 0 bridgehead atoms. The number of benzene rings is 1. The van der Waals surface area contributed by atoms with Crippen LogP contribution in [0.3, 0.4) is 0 Å². The Kier molecular flexibility index (Phi) is 3.54. The summed E-state index contributed by atoms with van der Waals surface area (Å²) in [4.78, 5) is 0. The topological polar surface area (TPSA) is 38.7 Å². The Bertz CT molecular complexity index is 320. The van der Waals surface area contributed by atoms with Crippen LogP contribution in [-0.2, 0) is 4.74 Å². The number of phenols is 1.